The summed E-state index contributed by atoms with van der Waals surface area (Å²) in [6.45, 7) is 17.3. The van der Waals surface area contributed by atoms with Gasteiger partial charge < -0.3 is 5.11 Å². The molecule has 180 valence electrons. The molecule has 4 fully saturated rings. The van der Waals surface area contributed by atoms with Gasteiger partial charge in [-0.2, -0.15) is 0 Å². The van der Waals surface area contributed by atoms with E-state index in [0.29, 0.717) is 34.5 Å². The Kier molecular flexibility index (Phi) is 4.94. The first-order chi connectivity index (χ1) is 14.8. The summed E-state index contributed by atoms with van der Waals surface area (Å²) < 4.78 is 0. The van der Waals surface area contributed by atoms with Crippen molar-refractivity contribution < 1.29 is 9.90 Å². The Labute approximate surface area is 197 Å². The number of fused-ring (bicyclic) bond motifs is 7. The van der Waals surface area contributed by atoms with Crippen LogP contribution in [0.3, 0.4) is 0 Å². The summed E-state index contributed by atoms with van der Waals surface area (Å²) in [5.41, 5.74) is 2.42. The molecule has 0 radical (unpaired) electrons. The first kappa shape index (κ1) is 23.0. The van der Waals surface area contributed by atoms with Gasteiger partial charge in [0.2, 0.25) is 0 Å². The normalized spacial score (nSPS) is 51.8. The molecule has 4 saturated carbocycles. The Hall–Kier alpha value is -0.790. The zero-order valence-electron chi connectivity index (χ0n) is 21.9. The maximum Gasteiger partial charge on any atom is 0.310 e. The van der Waals surface area contributed by atoms with E-state index in [-0.39, 0.29) is 10.8 Å². The predicted octanol–water partition coefficient (Wildman–Crippen LogP) is 8.12. The zero-order chi connectivity index (χ0) is 23.3. The lowest BCUT2D eigenvalue weighted by Crippen LogP contribution is -2.65. The fourth-order valence-corrected chi connectivity index (χ4v) is 11.1. The fraction of sp³-hybridized carbons (Fsp3) is 0.900. The summed E-state index contributed by atoms with van der Waals surface area (Å²) in [5, 5.41) is 10.7. The first-order valence-corrected chi connectivity index (χ1v) is 13.8. The number of carboxylic acids is 1. The van der Waals surface area contributed by atoms with Crippen LogP contribution in [0.25, 0.3) is 0 Å². The molecule has 1 N–H and O–H groups in total. The minimum atomic E-state index is -0.487. The highest BCUT2D eigenvalue weighted by Gasteiger charge is 2.72. The van der Waals surface area contributed by atoms with Crippen molar-refractivity contribution >= 4 is 5.97 Å². The van der Waals surface area contributed by atoms with E-state index in [4.69, 9.17) is 0 Å². The highest BCUT2D eigenvalue weighted by atomic mass is 16.4. The largest absolute Gasteiger partial charge is 0.481 e. The zero-order valence-corrected chi connectivity index (χ0v) is 21.9. The summed E-state index contributed by atoms with van der Waals surface area (Å²) in [6, 6.07) is 0. The minimum absolute atomic E-state index is 0.146. The first-order valence-electron chi connectivity index (χ1n) is 13.8. The van der Waals surface area contributed by atoms with E-state index in [0.717, 1.165) is 31.6 Å². The molecule has 0 aromatic heterocycles. The molecule has 0 spiro atoms. The van der Waals surface area contributed by atoms with Crippen molar-refractivity contribution in [2.75, 3.05) is 0 Å². The molecule has 5 rings (SSSR count). The second-order valence-electron chi connectivity index (χ2n) is 14.4. The second-order valence-corrected chi connectivity index (χ2v) is 14.4. The quantitative estimate of drug-likeness (QED) is 0.440. The number of carbonyl (C=O) groups is 1. The van der Waals surface area contributed by atoms with Gasteiger partial charge in [0, 0.05) is 0 Å². The van der Waals surface area contributed by atoms with Crippen molar-refractivity contribution in [1.82, 2.24) is 0 Å². The van der Waals surface area contributed by atoms with E-state index in [2.05, 4.69) is 54.5 Å². The van der Waals surface area contributed by atoms with E-state index in [9.17, 15) is 9.90 Å². The lowest BCUT2D eigenvalue weighted by molar-refractivity contribution is -0.221. The molecular formula is C30H48O2. The molecule has 0 aromatic rings. The number of hydrogen-bond donors (Lipinski definition) is 1. The molecule has 0 heterocycles. The van der Waals surface area contributed by atoms with Gasteiger partial charge in [0.05, 0.1) is 5.41 Å². The predicted molar refractivity (Wildman–Crippen MR) is 131 cm³/mol. The molecule has 0 bridgehead atoms. The van der Waals surface area contributed by atoms with Crippen LogP contribution in [0.15, 0.2) is 11.6 Å². The lowest BCUT2D eigenvalue weighted by atomic mass is 9.33. The Morgan fingerprint density at radius 3 is 2.22 bits per heavy atom. The van der Waals surface area contributed by atoms with Gasteiger partial charge in [0.1, 0.15) is 0 Å². The minimum Gasteiger partial charge on any atom is -0.481 e. The van der Waals surface area contributed by atoms with E-state index in [1.807, 2.05) is 0 Å². The summed E-state index contributed by atoms with van der Waals surface area (Å²) >= 11 is 0. The third-order valence-corrected chi connectivity index (χ3v) is 13.0. The van der Waals surface area contributed by atoms with Crippen molar-refractivity contribution in [2.24, 2.45) is 56.7 Å². The van der Waals surface area contributed by atoms with Crippen molar-refractivity contribution in [3.8, 4) is 0 Å². The topological polar surface area (TPSA) is 37.3 Å². The molecule has 32 heavy (non-hydrogen) atoms. The third kappa shape index (κ3) is 2.56. The SMILES string of the molecule is CC(C)C1CCC2C1(C(=O)O)CCC1(C)C3CC=C4C(CCCC4(C)C)C3(C)CCC21C. The number of rotatable bonds is 2. The van der Waals surface area contributed by atoms with Gasteiger partial charge in [-0.1, -0.05) is 66.5 Å². The van der Waals surface area contributed by atoms with Gasteiger partial charge >= 0.3 is 5.97 Å². The molecule has 2 heteroatoms. The average molecular weight is 441 g/mol. The second kappa shape index (κ2) is 6.88. The molecule has 0 aliphatic heterocycles. The fourth-order valence-electron chi connectivity index (χ4n) is 11.1. The van der Waals surface area contributed by atoms with Gasteiger partial charge in [0.25, 0.3) is 0 Å². The van der Waals surface area contributed by atoms with Gasteiger partial charge in [-0.05, 0) is 109 Å². The van der Waals surface area contributed by atoms with E-state index in [1.54, 1.807) is 5.57 Å². The van der Waals surface area contributed by atoms with Crippen molar-refractivity contribution in [2.45, 2.75) is 113 Å². The van der Waals surface area contributed by atoms with Crippen LogP contribution in [0.5, 0.6) is 0 Å². The number of allylic oxidation sites excluding steroid dienone is 2. The Morgan fingerprint density at radius 1 is 0.906 bits per heavy atom. The van der Waals surface area contributed by atoms with Gasteiger partial charge in [-0.25, -0.2) is 0 Å². The summed E-state index contributed by atoms with van der Waals surface area (Å²) in [7, 11) is 0. The number of carboxylic acid groups (broad SMARTS) is 1. The van der Waals surface area contributed by atoms with Crippen LogP contribution in [0.1, 0.15) is 113 Å². The van der Waals surface area contributed by atoms with Gasteiger partial charge in [-0.15, -0.1) is 0 Å². The van der Waals surface area contributed by atoms with E-state index < -0.39 is 11.4 Å². The molecular weight excluding hydrogens is 392 g/mol. The van der Waals surface area contributed by atoms with Crippen LogP contribution >= 0.6 is 0 Å². The molecule has 0 saturated heterocycles. The van der Waals surface area contributed by atoms with Gasteiger partial charge in [-0.3, -0.25) is 4.79 Å². The summed E-state index contributed by atoms with van der Waals surface area (Å²) in [5.74, 6) is 2.11. The van der Waals surface area contributed by atoms with Crippen molar-refractivity contribution in [3.05, 3.63) is 11.6 Å². The monoisotopic (exact) mass is 440 g/mol. The van der Waals surface area contributed by atoms with Crippen LogP contribution < -0.4 is 0 Å². The average Bonchev–Trinajstić information content (AvgIpc) is 3.12. The summed E-state index contributed by atoms with van der Waals surface area (Å²) in [6.07, 6.45) is 14.7. The Bertz CT molecular complexity index is 838. The molecule has 2 nitrogen and oxygen atoms in total. The number of hydrogen-bond acceptors (Lipinski definition) is 1. The molecule has 0 aromatic carbocycles. The summed E-state index contributed by atoms with van der Waals surface area (Å²) in [4.78, 5) is 13.0. The third-order valence-electron chi connectivity index (χ3n) is 13.0. The van der Waals surface area contributed by atoms with E-state index in [1.165, 1.54) is 38.5 Å². The van der Waals surface area contributed by atoms with Crippen LogP contribution in [-0.2, 0) is 4.79 Å². The highest BCUT2D eigenvalue weighted by Crippen LogP contribution is 2.77. The van der Waals surface area contributed by atoms with Crippen LogP contribution in [-0.4, -0.2) is 11.1 Å². The van der Waals surface area contributed by atoms with Crippen molar-refractivity contribution in [1.29, 1.82) is 0 Å². The molecule has 5 aliphatic rings. The lowest BCUT2D eigenvalue weighted by Gasteiger charge is -2.71. The van der Waals surface area contributed by atoms with Crippen LogP contribution in [0.2, 0.25) is 0 Å². The Morgan fingerprint density at radius 2 is 1.56 bits per heavy atom. The van der Waals surface area contributed by atoms with E-state index >= 15 is 0 Å². The standard InChI is InChI=1S/C30H48O2/c1-19(2)20-10-13-24-29(7)16-15-27(5)22-9-8-14-26(3,4)21(22)11-12-23(27)28(29,6)17-18-30(20,24)25(31)32/h11,19-20,22-24H,8-10,12-18H2,1-7H3,(H,31,32). The van der Waals surface area contributed by atoms with Crippen molar-refractivity contribution in [3.63, 3.8) is 0 Å². The molecule has 0 amide bonds. The maximum absolute atomic E-state index is 13.0. The van der Waals surface area contributed by atoms with Crippen LogP contribution in [0, 0.1) is 56.7 Å². The molecule has 8 unspecified atom stereocenters. The Balaban J connectivity index is 1.58. The molecule has 8 atom stereocenters. The smallest absolute Gasteiger partial charge is 0.310 e. The number of aliphatic carboxylic acids is 1. The van der Waals surface area contributed by atoms with Crippen LogP contribution in [0.4, 0.5) is 0 Å². The molecule has 5 aliphatic carbocycles. The highest BCUT2D eigenvalue weighted by molar-refractivity contribution is 5.76. The maximum atomic E-state index is 13.0. The van der Waals surface area contributed by atoms with Gasteiger partial charge in [0.15, 0.2) is 0 Å².